The maximum absolute atomic E-state index is 16.0. The van der Waals surface area contributed by atoms with Gasteiger partial charge < -0.3 is 0 Å². The summed E-state index contributed by atoms with van der Waals surface area (Å²) in [6, 6.07) is 13.0. The lowest BCUT2D eigenvalue weighted by molar-refractivity contribution is 0.246. The molecule has 1 atom stereocenters. The number of hydrogen-bond acceptors (Lipinski definition) is 0. The average Bonchev–Trinajstić information content (AvgIpc) is 2.67. The van der Waals surface area contributed by atoms with E-state index < -0.39 is 17.3 Å². The van der Waals surface area contributed by atoms with E-state index in [0.29, 0.717) is 5.56 Å². The lowest BCUT2D eigenvalue weighted by Gasteiger charge is -2.31. The Balaban J connectivity index is 1.96. The van der Waals surface area contributed by atoms with E-state index in [2.05, 4.69) is 19.1 Å². The molecule has 3 heteroatoms. The highest BCUT2D eigenvalue weighted by Gasteiger charge is 2.39. The van der Waals surface area contributed by atoms with Crippen molar-refractivity contribution in [1.29, 1.82) is 0 Å². The van der Waals surface area contributed by atoms with Gasteiger partial charge in [0.15, 0.2) is 5.67 Å². The van der Waals surface area contributed by atoms with E-state index in [1.165, 1.54) is 30.4 Å². The summed E-state index contributed by atoms with van der Waals surface area (Å²) in [5.74, 6) is -0.971. The van der Waals surface area contributed by atoms with Crippen LogP contribution in [0.3, 0.4) is 0 Å². The number of aryl methyl sites for hydroxylation is 1. The highest BCUT2D eigenvalue weighted by molar-refractivity contribution is 5.77. The van der Waals surface area contributed by atoms with E-state index in [1.54, 1.807) is 12.1 Å². The summed E-state index contributed by atoms with van der Waals surface area (Å²) in [6.07, 6.45) is 9.25. The highest BCUT2D eigenvalue weighted by atomic mass is 19.1. The van der Waals surface area contributed by atoms with Gasteiger partial charge in [0.05, 0.1) is 0 Å². The molecule has 0 spiro atoms. The molecule has 0 saturated heterocycles. The lowest BCUT2D eigenvalue weighted by atomic mass is 9.78. The molecule has 0 nitrogen and oxygen atoms in total. The highest BCUT2D eigenvalue weighted by Crippen LogP contribution is 2.46. The standard InChI is InChI=1S/C24H23F3/c1-2-3-4-5-8-18-9-6-10-19(15-18)23-17-22(26)13-14-24(23,27)20-11-7-12-21(25)16-20/h3-4,6-7,9-13,15-17H,2,5,8,14H2,1H3. The Bertz CT molecular complexity index is 892. The summed E-state index contributed by atoms with van der Waals surface area (Å²) in [7, 11) is 0. The number of hydrogen-bond donors (Lipinski definition) is 0. The molecule has 140 valence electrons. The minimum atomic E-state index is -1.96. The normalized spacial score (nSPS) is 19.9. The molecule has 2 aromatic carbocycles. The first-order valence-corrected chi connectivity index (χ1v) is 9.30. The zero-order chi connectivity index (χ0) is 19.3. The number of benzene rings is 2. The van der Waals surface area contributed by atoms with Crippen LogP contribution in [0.4, 0.5) is 13.2 Å². The maximum atomic E-state index is 16.0. The molecule has 0 aromatic heterocycles. The largest absolute Gasteiger partial charge is 0.233 e. The Hall–Kier alpha value is -2.55. The minimum absolute atomic E-state index is 0.155. The first kappa shape index (κ1) is 19.2. The molecule has 0 fully saturated rings. The Kier molecular flexibility index (Phi) is 6.00. The summed E-state index contributed by atoms with van der Waals surface area (Å²) in [5, 5.41) is 0. The third-order valence-electron chi connectivity index (χ3n) is 4.81. The van der Waals surface area contributed by atoms with Gasteiger partial charge in [0, 0.05) is 12.0 Å². The van der Waals surface area contributed by atoms with Crippen molar-refractivity contribution >= 4 is 5.57 Å². The topological polar surface area (TPSA) is 0 Å². The second kappa shape index (κ2) is 8.43. The Labute approximate surface area is 158 Å². The van der Waals surface area contributed by atoms with Crippen molar-refractivity contribution in [3.8, 4) is 0 Å². The number of halogens is 3. The van der Waals surface area contributed by atoms with Crippen LogP contribution in [0.15, 0.2) is 78.7 Å². The third-order valence-corrected chi connectivity index (χ3v) is 4.81. The van der Waals surface area contributed by atoms with Gasteiger partial charge in [-0.1, -0.05) is 55.5 Å². The van der Waals surface area contributed by atoms with Gasteiger partial charge >= 0.3 is 0 Å². The van der Waals surface area contributed by atoms with Crippen molar-refractivity contribution in [3.63, 3.8) is 0 Å². The average molecular weight is 368 g/mol. The fraction of sp³-hybridized carbons (Fsp3) is 0.250. The van der Waals surface area contributed by atoms with Gasteiger partial charge in [0.1, 0.15) is 11.6 Å². The predicted octanol–water partition coefficient (Wildman–Crippen LogP) is 7.23. The van der Waals surface area contributed by atoms with Crippen LogP contribution in [0.5, 0.6) is 0 Å². The van der Waals surface area contributed by atoms with Crippen molar-refractivity contribution in [2.75, 3.05) is 0 Å². The van der Waals surface area contributed by atoms with E-state index in [0.717, 1.165) is 24.8 Å². The predicted molar refractivity (Wildman–Crippen MR) is 105 cm³/mol. The molecule has 3 rings (SSSR count). The second-order valence-electron chi connectivity index (χ2n) is 6.78. The van der Waals surface area contributed by atoms with Gasteiger partial charge in [-0.05, 0) is 60.2 Å². The molecule has 0 radical (unpaired) electrons. The van der Waals surface area contributed by atoms with Crippen molar-refractivity contribution in [1.82, 2.24) is 0 Å². The van der Waals surface area contributed by atoms with Gasteiger partial charge in [-0.2, -0.15) is 0 Å². The van der Waals surface area contributed by atoms with E-state index in [9.17, 15) is 8.78 Å². The molecule has 0 bridgehead atoms. The molecule has 1 aliphatic carbocycles. The quantitative estimate of drug-likeness (QED) is 0.472. The van der Waals surface area contributed by atoms with Crippen LogP contribution in [0.1, 0.15) is 42.9 Å². The van der Waals surface area contributed by atoms with Crippen molar-refractivity contribution in [2.24, 2.45) is 0 Å². The van der Waals surface area contributed by atoms with E-state index >= 15 is 4.39 Å². The summed E-state index contributed by atoms with van der Waals surface area (Å²) in [6.45, 7) is 2.09. The molecule has 0 aliphatic heterocycles. The molecule has 1 aliphatic rings. The van der Waals surface area contributed by atoms with Gasteiger partial charge in [-0.3, -0.25) is 0 Å². The fourth-order valence-corrected chi connectivity index (χ4v) is 3.41. The monoisotopic (exact) mass is 368 g/mol. The van der Waals surface area contributed by atoms with Crippen LogP contribution in [-0.2, 0) is 12.1 Å². The van der Waals surface area contributed by atoms with Crippen LogP contribution in [-0.4, -0.2) is 0 Å². The van der Waals surface area contributed by atoms with Gasteiger partial charge in [-0.15, -0.1) is 0 Å². The third kappa shape index (κ3) is 4.41. The van der Waals surface area contributed by atoms with Gasteiger partial charge in [0.25, 0.3) is 0 Å². The van der Waals surface area contributed by atoms with Crippen molar-refractivity contribution < 1.29 is 13.2 Å². The van der Waals surface area contributed by atoms with E-state index in [-0.39, 0.29) is 17.6 Å². The zero-order valence-electron chi connectivity index (χ0n) is 15.4. The second-order valence-corrected chi connectivity index (χ2v) is 6.78. The molecule has 27 heavy (non-hydrogen) atoms. The van der Waals surface area contributed by atoms with E-state index in [4.69, 9.17) is 0 Å². The molecule has 0 amide bonds. The summed E-state index contributed by atoms with van der Waals surface area (Å²) < 4.78 is 43.7. The van der Waals surface area contributed by atoms with Crippen LogP contribution in [0, 0.1) is 5.82 Å². The molecule has 1 unspecified atom stereocenters. The molecule has 0 heterocycles. The maximum Gasteiger partial charge on any atom is 0.165 e. The number of rotatable bonds is 6. The van der Waals surface area contributed by atoms with Crippen LogP contribution < -0.4 is 0 Å². The summed E-state index contributed by atoms with van der Waals surface area (Å²) in [5.41, 5.74) is 0.166. The minimum Gasteiger partial charge on any atom is -0.233 e. The molecule has 0 N–H and O–H groups in total. The Morgan fingerprint density at radius 2 is 1.85 bits per heavy atom. The molecular weight excluding hydrogens is 345 g/mol. The van der Waals surface area contributed by atoms with E-state index in [1.807, 2.05) is 18.2 Å². The number of allylic oxidation sites excluding steroid dienone is 6. The first-order chi connectivity index (χ1) is 13.0. The Morgan fingerprint density at radius 3 is 2.63 bits per heavy atom. The van der Waals surface area contributed by atoms with Gasteiger partial charge in [0.2, 0.25) is 0 Å². The SMILES string of the molecule is CCC=CCCc1cccc(C2=CC(F)=CCC2(F)c2cccc(F)c2)c1. The smallest absolute Gasteiger partial charge is 0.165 e. The summed E-state index contributed by atoms with van der Waals surface area (Å²) >= 11 is 0. The zero-order valence-corrected chi connectivity index (χ0v) is 15.4. The molecular formula is C24H23F3. The first-order valence-electron chi connectivity index (χ1n) is 9.30. The lowest BCUT2D eigenvalue weighted by Crippen LogP contribution is -2.24. The Morgan fingerprint density at radius 1 is 1.04 bits per heavy atom. The van der Waals surface area contributed by atoms with Crippen LogP contribution in [0.2, 0.25) is 0 Å². The number of alkyl halides is 1. The van der Waals surface area contributed by atoms with Gasteiger partial charge in [-0.25, -0.2) is 13.2 Å². The summed E-state index contributed by atoms with van der Waals surface area (Å²) in [4.78, 5) is 0. The molecule has 2 aromatic rings. The van der Waals surface area contributed by atoms with Crippen molar-refractivity contribution in [2.45, 2.75) is 38.3 Å². The van der Waals surface area contributed by atoms with Crippen molar-refractivity contribution in [3.05, 3.63) is 101 Å². The van der Waals surface area contributed by atoms with Crippen LogP contribution >= 0.6 is 0 Å². The van der Waals surface area contributed by atoms with Crippen LogP contribution in [0.25, 0.3) is 5.57 Å². The molecule has 0 saturated carbocycles. The fourth-order valence-electron chi connectivity index (χ4n) is 3.41.